The van der Waals surface area contributed by atoms with Gasteiger partial charge < -0.3 is 18.9 Å². The molecule has 154 valence electrons. The Balaban J connectivity index is 1.87. The monoisotopic (exact) mass is 405 g/mol. The Kier molecular flexibility index (Phi) is 7.05. The SMILES string of the molecule is CCOc1cc(/C=C/c2ccccn2)ccc1OC(=O)c1c(OC)cccc1OC. The third-order valence-corrected chi connectivity index (χ3v) is 4.24. The van der Waals surface area contributed by atoms with Crippen molar-refractivity contribution in [2.75, 3.05) is 20.8 Å². The average molecular weight is 405 g/mol. The molecule has 0 aliphatic heterocycles. The molecule has 2 aromatic carbocycles. The molecular formula is C24H23NO5. The Hall–Kier alpha value is -3.80. The normalized spacial score (nSPS) is 10.6. The Morgan fingerprint density at radius 3 is 2.30 bits per heavy atom. The standard InChI is InChI=1S/C24H23NO5/c1-4-29-22-16-17(11-13-18-8-5-6-15-25-18)12-14-19(22)30-24(26)23-20(27-2)9-7-10-21(23)28-3/h5-16H,4H2,1-3H3/b13-11+. The van der Waals surface area contributed by atoms with E-state index >= 15 is 0 Å². The molecule has 0 spiro atoms. The highest BCUT2D eigenvalue weighted by molar-refractivity contribution is 5.97. The van der Waals surface area contributed by atoms with E-state index < -0.39 is 5.97 Å². The molecule has 3 aromatic rings. The van der Waals surface area contributed by atoms with Crippen LogP contribution in [0.2, 0.25) is 0 Å². The summed E-state index contributed by atoms with van der Waals surface area (Å²) in [6.45, 7) is 2.29. The van der Waals surface area contributed by atoms with Crippen molar-refractivity contribution in [1.29, 1.82) is 0 Å². The second-order valence-corrected chi connectivity index (χ2v) is 6.15. The van der Waals surface area contributed by atoms with E-state index in [0.29, 0.717) is 29.6 Å². The number of pyridine rings is 1. The lowest BCUT2D eigenvalue weighted by Gasteiger charge is -2.14. The van der Waals surface area contributed by atoms with Crippen LogP contribution >= 0.6 is 0 Å². The minimum atomic E-state index is -0.595. The van der Waals surface area contributed by atoms with Gasteiger partial charge in [-0.05, 0) is 55.0 Å². The van der Waals surface area contributed by atoms with E-state index in [4.69, 9.17) is 18.9 Å². The highest BCUT2D eigenvalue weighted by atomic mass is 16.6. The maximum absolute atomic E-state index is 12.9. The molecule has 0 fully saturated rings. The zero-order valence-corrected chi connectivity index (χ0v) is 17.1. The molecule has 30 heavy (non-hydrogen) atoms. The van der Waals surface area contributed by atoms with Crippen LogP contribution in [0.1, 0.15) is 28.5 Å². The second kappa shape index (κ2) is 10.1. The molecule has 1 aromatic heterocycles. The van der Waals surface area contributed by atoms with Gasteiger partial charge in [0.15, 0.2) is 11.5 Å². The van der Waals surface area contributed by atoms with Gasteiger partial charge >= 0.3 is 5.97 Å². The minimum Gasteiger partial charge on any atom is -0.496 e. The summed E-state index contributed by atoms with van der Waals surface area (Å²) >= 11 is 0. The van der Waals surface area contributed by atoms with E-state index in [2.05, 4.69) is 4.98 Å². The molecule has 0 atom stereocenters. The van der Waals surface area contributed by atoms with Crippen LogP contribution in [0.4, 0.5) is 0 Å². The second-order valence-electron chi connectivity index (χ2n) is 6.15. The highest BCUT2D eigenvalue weighted by Gasteiger charge is 2.21. The molecule has 0 saturated heterocycles. The first-order valence-electron chi connectivity index (χ1n) is 9.45. The quantitative estimate of drug-likeness (QED) is 0.393. The number of benzene rings is 2. The summed E-state index contributed by atoms with van der Waals surface area (Å²) in [5.41, 5.74) is 1.94. The van der Waals surface area contributed by atoms with Crippen LogP contribution < -0.4 is 18.9 Å². The van der Waals surface area contributed by atoms with Gasteiger partial charge in [0.25, 0.3) is 0 Å². The maximum atomic E-state index is 12.9. The zero-order valence-electron chi connectivity index (χ0n) is 17.1. The predicted molar refractivity (Wildman–Crippen MR) is 115 cm³/mol. The first kappa shape index (κ1) is 20.9. The molecule has 3 rings (SSSR count). The number of hydrogen-bond donors (Lipinski definition) is 0. The summed E-state index contributed by atoms with van der Waals surface area (Å²) in [7, 11) is 2.97. The topological polar surface area (TPSA) is 66.9 Å². The molecule has 0 bridgehead atoms. The van der Waals surface area contributed by atoms with Crippen molar-refractivity contribution < 1.29 is 23.7 Å². The van der Waals surface area contributed by atoms with Gasteiger partial charge in [-0.3, -0.25) is 4.98 Å². The number of aromatic nitrogens is 1. The number of nitrogens with zero attached hydrogens (tertiary/aromatic N) is 1. The van der Waals surface area contributed by atoms with E-state index in [1.807, 2.05) is 49.4 Å². The average Bonchev–Trinajstić information content (AvgIpc) is 2.79. The van der Waals surface area contributed by atoms with Crippen LogP contribution in [0.25, 0.3) is 12.2 Å². The van der Waals surface area contributed by atoms with Gasteiger partial charge in [-0.2, -0.15) is 0 Å². The van der Waals surface area contributed by atoms with Crippen LogP contribution in [0, 0.1) is 0 Å². The van der Waals surface area contributed by atoms with E-state index in [1.165, 1.54) is 14.2 Å². The minimum absolute atomic E-state index is 0.212. The number of carbonyl (C=O) groups is 1. The van der Waals surface area contributed by atoms with Gasteiger partial charge in [0, 0.05) is 6.20 Å². The van der Waals surface area contributed by atoms with Crippen LogP contribution in [0.15, 0.2) is 60.8 Å². The van der Waals surface area contributed by atoms with Crippen molar-refractivity contribution in [3.8, 4) is 23.0 Å². The Morgan fingerprint density at radius 1 is 0.900 bits per heavy atom. The van der Waals surface area contributed by atoms with Crippen molar-refractivity contribution in [1.82, 2.24) is 4.98 Å². The summed E-state index contributed by atoms with van der Waals surface area (Å²) in [6.07, 6.45) is 5.55. The van der Waals surface area contributed by atoms with E-state index in [9.17, 15) is 4.79 Å². The fourth-order valence-corrected chi connectivity index (χ4v) is 2.84. The van der Waals surface area contributed by atoms with Crippen molar-refractivity contribution in [2.45, 2.75) is 6.92 Å². The lowest BCUT2D eigenvalue weighted by Crippen LogP contribution is -2.12. The van der Waals surface area contributed by atoms with Gasteiger partial charge in [0.05, 0.1) is 26.5 Å². The molecule has 0 N–H and O–H groups in total. The summed E-state index contributed by atoms with van der Waals surface area (Å²) < 4.78 is 21.9. The number of ether oxygens (including phenoxy) is 4. The Labute approximate surface area is 175 Å². The van der Waals surface area contributed by atoms with Crippen molar-refractivity contribution in [3.05, 3.63) is 77.6 Å². The molecular weight excluding hydrogens is 382 g/mol. The fourth-order valence-electron chi connectivity index (χ4n) is 2.84. The van der Waals surface area contributed by atoms with Crippen LogP contribution in [0.3, 0.4) is 0 Å². The molecule has 6 heteroatoms. The highest BCUT2D eigenvalue weighted by Crippen LogP contribution is 2.33. The molecule has 1 heterocycles. The maximum Gasteiger partial charge on any atom is 0.351 e. The molecule has 0 radical (unpaired) electrons. The number of carbonyl (C=O) groups excluding carboxylic acids is 1. The third kappa shape index (κ3) is 4.97. The lowest BCUT2D eigenvalue weighted by atomic mass is 10.1. The Morgan fingerprint density at radius 2 is 1.67 bits per heavy atom. The number of rotatable bonds is 8. The van der Waals surface area contributed by atoms with Crippen molar-refractivity contribution >= 4 is 18.1 Å². The zero-order chi connectivity index (χ0) is 21.3. The van der Waals surface area contributed by atoms with Gasteiger partial charge in [-0.25, -0.2) is 4.79 Å². The third-order valence-electron chi connectivity index (χ3n) is 4.24. The number of esters is 1. The fraction of sp³-hybridized carbons (Fsp3) is 0.167. The first-order valence-corrected chi connectivity index (χ1v) is 9.45. The van der Waals surface area contributed by atoms with Gasteiger partial charge in [0.2, 0.25) is 0 Å². The van der Waals surface area contributed by atoms with E-state index in [1.54, 1.807) is 30.5 Å². The van der Waals surface area contributed by atoms with Crippen LogP contribution in [-0.2, 0) is 0 Å². The molecule has 0 aliphatic rings. The smallest absolute Gasteiger partial charge is 0.351 e. The van der Waals surface area contributed by atoms with Crippen LogP contribution in [-0.4, -0.2) is 31.8 Å². The molecule has 0 aliphatic carbocycles. The number of methoxy groups -OCH3 is 2. The van der Waals surface area contributed by atoms with Gasteiger partial charge in [-0.15, -0.1) is 0 Å². The molecule has 0 unspecified atom stereocenters. The molecule has 6 nitrogen and oxygen atoms in total. The molecule has 0 saturated carbocycles. The van der Waals surface area contributed by atoms with Gasteiger partial charge in [0.1, 0.15) is 17.1 Å². The van der Waals surface area contributed by atoms with Gasteiger partial charge in [-0.1, -0.05) is 24.3 Å². The summed E-state index contributed by atoms with van der Waals surface area (Å²) in [5, 5.41) is 0. The lowest BCUT2D eigenvalue weighted by molar-refractivity contribution is 0.0721. The van der Waals surface area contributed by atoms with Crippen molar-refractivity contribution in [3.63, 3.8) is 0 Å². The van der Waals surface area contributed by atoms with Crippen molar-refractivity contribution in [2.24, 2.45) is 0 Å². The van der Waals surface area contributed by atoms with E-state index in [-0.39, 0.29) is 5.56 Å². The number of hydrogen-bond acceptors (Lipinski definition) is 6. The van der Waals surface area contributed by atoms with E-state index in [0.717, 1.165) is 11.3 Å². The molecule has 0 amide bonds. The largest absolute Gasteiger partial charge is 0.496 e. The first-order chi connectivity index (χ1) is 14.7. The summed E-state index contributed by atoms with van der Waals surface area (Å²) in [6, 6.07) is 16.1. The summed E-state index contributed by atoms with van der Waals surface area (Å²) in [4.78, 5) is 17.1. The predicted octanol–water partition coefficient (Wildman–Crippen LogP) is 4.89. The van der Waals surface area contributed by atoms with Crippen LogP contribution in [0.5, 0.6) is 23.0 Å². The Bertz CT molecular complexity index is 1010. The summed E-state index contributed by atoms with van der Waals surface area (Å²) in [5.74, 6) is 0.911.